The summed E-state index contributed by atoms with van der Waals surface area (Å²) in [5.41, 5.74) is 2.58. The number of phenols is 1. The van der Waals surface area contributed by atoms with Crippen molar-refractivity contribution in [2.75, 3.05) is 31.6 Å². The van der Waals surface area contributed by atoms with Gasteiger partial charge in [0.05, 0.1) is 23.4 Å². The number of aliphatic hydroxyl groups excluding tert-OH is 1. The Morgan fingerprint density at radius 2 is 1.93 bits per heavy atom. The molecule has 7 heteroatoms. The highest BCUT2D eigenvalue weighted by Gasteiger charge is 2.16. The quantitative estimate of drug-likeness (QED) is 0.511. The van der Waals surface area contributed by atoms with Gasteiger partial charge >= 0.3 is 5.97 Å². The number of nitrogens with zero attached hydrogens (tertiary/aromatic N) is 1. The number of esters is 1. The highest BCUT2D eigenvalue weighted by molar-refractivity contribution is 6.33. The van der Waals surface area contributed by atoms with Gasteiger partial charge in [0.1, 0.15) is 12.3 Å². The molecule has 29 heavy (non-hydrogen) atoms. The van der Waals surface area contributed by atoms with Crippen LogP contribution in [0.15, 0.2) is 42.5 Å². The van der Waals surface area contributed by atoms with Gasteiger partial charge in [-0.25, -0.2) is 0 Å². The van der Waals surface area contributed by atoms with Gasteiger partial charge in [-0.3, -0.25) is 4.79 Å². The number of aliphatic hydroxyl groups is 1. The Morgan fingerprint density at radius 3 is 2.55 bits per heavy atom. The molecule has 0 aliphatic heterocycles. The lowest BCUT2D eigenvalue weighted by Gasteiger charge is -2.21. The molecule has 0 aliphatic rings. The Bertz CT molecular complexity index is 798. The van der Waals surface area contributed by atoms with E-state index in [1.165, 1.54) is 0 Å². The summed E-state index contributed by atoms with van der Waals surface area (Å²) < 4.78 is 4.97. The summed E-state index contributed by atoms with van der Waals surface area (Å²) in [5.74, 6) is -0.115. The number of likely N-dealkylation sites (N-methyl/N-ethyl adjacent to an activating group) is 1. The highest BCUT2D eigenvalue weighted by Crippen LogP contribution is 2.26. The van der Waals surface area contributed by atoms with Gasteiger partial charge in [0.25, 0.3) is 0 Å². The van der Waals surface area contributed by atoms with Gasteiger partial charge < -0.3 is 25.2 Å². The van der Waals surface area contributed by atoms with Crippen LogP contribution in [-0.2, 0) is 16.0 Å². The molecule has 6 nitrogen and oxygen atoms in total. The van der Waals surface area contributed by atoms with Gasteiger partial charge in [-0.05, 0) is 62.2 Å². The minimum absolute atomic E-state index is 0.140. The number of phenolic OH excluding ortho intramolecular Hbond substituents is 1. The monoisotopic (exact) mass is 420 g/mol. The second-order valence-corrected chi connectivity index (χ2v) is 7.38. The van der Waals surface area contributed by atoms with Crippen LogP contribution >= 0.6 is 11.6 Å². The number of anilines is 1. The summed E-state index contributed by atoms with van der Waals surface area (Å²) in [6.07, 6.45) is 0.0758. The normalized spacial score (nSPS) is 13.0. The third-order valence-corrected chi connectivity index (χ3v) is 4.99. The molecule has 158 valence electrons. The molecule has 2 aromatic rings. The molecule has 3 N–H and O–H groups in total. The van der Waals surface area contributed by atoms with Crippen molar-refractivity contribution in [3.8, 4) is 5.75 Å². The van der Waals surface area contributed by atoms with Crippen LogP contribution in [0.1, 0.15) is 31.1 Å². The van der Waals surface area contributed by atoms with E-state index in [2.05, 4.69) is 5.32 Å². The van der Waals surface area contributed by atoms with E-state index in [1.807, 2.05) is 25.1 Å². The van der Waals surface area contributed by atoms with Crippen molar-refractivity contribution >= 4 is 23.3 Å². The van der Waals surface area contributed by atoms with Gasteiger partial charge in [-0.15, -0.1) is 0 Å². The average Bonchev–Trinajstić information content (AvgIpc) is 2.68. The Kier molecular flexibility index (Phi) is 8.76. The number of benzene rings is 2. The van der Waals surface area contributed by atoms with Crippen LogP contribution in [0.5, 0.6) is 5.75 Å². The molecule has 0 heterocycles. The van der Waals surface area contributed by atoms with Gasteiger partial charge in [0.15, 0.2) is 0 Å². The first-order valence-electron chi connectivity index (χ1n) is 9.67. The van der Waals surface area contributed by atoms with E-state index in [0.717, 1.165) is 23.2 Å². The molecule has 0 aromatic heterocycles. The van der Waals surface area contributed by atoms with Crippen LogP contribution < -0.4 is 10.2 Å². The summed E-state index contributed by atoms with van der Waals surface area (Å²) in [7, 11) is 1.80. The largest absolute Gasteiger partial charge is 0.508 e. The van der Waals surface area contributed by atoms with E-state index >= 15 is 0 Å². The molecule has 0 spiro atoms. The number of halogens is 1. The van der Waals surface area contributed by atoms with Crippen molar-refractivity contribution in [2.45, 2.75) is 32.4 Å². The number of hydrogen-bond donors (Lipinski definition) is 3. The van der Waals surface area contributed by atoms with Crippen molar-refractivity contribution in [3.05, 3.63) is 58.6 Å². The molecule has 0 fully saturated rings. The molecule has 0 saturated carbocycles. The standard InChI is InChI=1S/C22H29ClN2O4/c1-4-29-21(27)14-25(3)20-10-5-16(13-19(20)23)11-12-24-15(2)22(28)17-6-8-18(26)9-7-17/h5-10,13,15,22,24,26,28H,4,11-12,14H2,1-3H3/t15-,22-/m0/s1. The van der Waals surface area contributed by atoms with Gasteiger partial charge in [0, 0.05) is 13.1 Å². The second-order valence-electron chi connectivity index (χ2n) is 6.98. The Labute approximate surface area is 177 Å². The van der Waals surface area contributed by atoms with E-state index < -0.39 is 6.10 Å². The van der Waals surface area contributed by atoms with E-state index in [-0.39, 0.29) is 24.3 Å². The predicted octanol–water partition coefficient (Wildman–Crippen LogP) is 3.30. The van der Waals surface area contributed by atoms with E-state index in [4.69, 9.17) is 16.3 Å². The number of carbonyl (C=O) groups excluding carboxylic acids is 1. The van der Waals surface area contributed by atoms with Crippen LogP contribution in [0.3, 0.4) is 0 Å². The lowest BCUT2D eigenvalue weighted by Crippen LogP contribution is -2.33. The van der Waals surface area contributed by atoms with Crippen molar-refractivity contribution in [2.24, 2.45) is 0 Å². The lowest BCUT2D eigenvalue weighted by molar-refractivity contribution is -0.141. The van der Waals surface area contributed by atoms with Crippen LogP contribution in [0.2, 0.25) is 5.02 Å². The zero-order valence-electron chi connectivity index (χ0n) is 17.1. The number of ether oxygens (including phenoxy) is 1. The number of hydrogen-bond acceptors (Lipinski definition) is 6. The second kappa shape index (κ2) is 11.0. The summed E-state index contributed by atoms with van der Waals surface area (Å²) in [6.45, 7) is 4.86. The van der Waals surface area contributed by atoms with E-state index in [0.29, 0.717) is 18.2 Å². The number of carbonyl (C=O) groups is 1. The zero-order chi connectivity index (χ0) is 21.4. The maximum atomic E-state index is 11.6. The molecular weight excluding hydrogens is 392 g/mol. The molecule has 0 amide bonds. The topological polar surface area (TPSA) is 82.0 Å². The molecule has 2 atom stereocenters. The summed E-state index contributed by atoms with van der Waals surface area (Å²) >= 11 is 6.39. The van der Waals surface area contributed by atoms with Crippen LogP contribution in [0.25, 0.3) is 0 Å². The first-order chi connectivity index (χ1) is 13.8. The zero-order valence-corrected chi connectivity index (χ0v) is 17.8. The fourth-order valence-electron chi connectivity index (χ4n) is 3.02. The van der Waals surface area contributed by atoms with Crippen LogP contribution in [0.4, 0.5) is 5.69 Å². The van der Waals surface area contributed by atoms with Crippen LogP contribution in [0, 0.1) is 0 Å². The Hall–Kier alpha value is -2.28. The third-order valence-electron chi connectivity index (χ3n) is 4.68. The van der Waals surface area contributed by atoms with Crippen molar-refractivity contribution < 1.29 is 19.7 Å². The maximum absolute atomic E-state index is 11.6. The summed E-state index contributed by atoms with van der Waals surface area (Å²) in [6, 6.07) is 12.2. The third kappa shape index (κ3) is 6.92. The summed E-state index contributed by atoms with van der Waals surface area (Å²) in [4.78, 5) is 13.4. The average molecular weight is 421 g/mol. The molecule has 0 bridgehead atoms. The Balaban J connectivity index is 1.86. The van der Waals surface area contributed by atoms with Gasteiger partial charge in [0.2, 0.25) is 0 Å². The van der Waals surface area contributed by atoms with Crippen molar-refractivity contribution in [3.63, 3.8) is 0 Å². The number of nitrogens with one attached hydrogen (secondary N) is 1. The fourth-order valence-corrected chi connectivity index (χ4v) is 3.36. The minimum atomic E-state index is -0.668. The molecule has 0 saturated heterocycles. The highest BCUT2D eigenvalue weighted by atomic mass is 35.5. The molecular formula is C22H29ClN2O4. The molecule has 0 radical (unpaired) electrons. The van der Waals surface area contributed by atoms with Crippen molar-refractivity contribution in [1.29, 1.82) is 0 Å². The van der Waals surface area contributed by atoms with Crippen LogP contribution in [-0.4, -0.2) is 49.0 Å². The fraction of sp³-hybridized carbons (Fsp3) is 0.409. The number of aromatic hydroxyl groups is 1. The first-order valence-corrected chi connectivity index (χ1v) is 10.0. The van der Waals surface area contributed by atoms with E-state index in [9.17, 15) is 15.0 Å². The van der Waals surface area contributed by atoms with Crippen molar-refractivity contribution in [1.82, 2.24) is 5.32 Å². The first kappa shape index (κ1) is 23.0. The van der Waals surface area contributed by atoms with Gasteiger partial charge in [-0.2, -0.15) is 0 Å². The predicted molar refractivity (Wildman–Crippen MR) is 116 cm³/mol. The summed E-state index contributed by atoms with van der Waals surface area (Å²) in [5, 5.41) is 23.7. The minimum Gasteiger partial charge on any atom is -0.508 e. The maximum Gasteiger partial charge on any atom is 0.325 e. The SMILES string of the molecule is CCOC(=O)CN(C)c1ccc(CCN[C@@H](C)[C@H](O)c2ccc(O)cc2)cc1Cl. The van der Waals surface area contributed by atoms with Gasteiger partial charge in [-0.1, -0.05) is 29.8 Å². The number of rotatable bonds is 10. The Morgan fingerprint density at radius 1 is 1.24 bits per heavy atom. The lowest BCUT2D eigenvalue weighted by atomic mass is 10.0. The molecule has 0 aliphatic carbocycles. The molecule has 2 rings (SSSR count). The molecule has 2 aromatic carbocycles. The smallest absolute Gasteiger partial charge is 0.325 e. The molecule has 0 unspecified atom stereocenters. The van der Waals surface area contributed by atoms with E-state index in [1.54, 1.807) is 43.1 Å².